The SMILES string of the molecule is Cc1ccc(C2NNCC2CNCC2CCc3nnc(C)n3C2)cc1. The van der Waals surface area contributed by atoms with Gasteiger partial charge in [-0.2, -0.15) is 0 Å². The fourth-order valence-corrected chi connectivity index (χ4v) is 4.02. The van der Waals surface area contributed by atoms with Gasteiger partial charge < -0.3 is 9.88 Å². The summed E-state index contributed by atoms with van der Waals surface area (Å²) in [6, 6.07) is 9.25. The summed E-state index contributed by atoms with van der Waals surface area (Å²) >= 11 is 0. The predicted molar refractivity (Wildman–Crippen MR) is 98.0 cm³/mol. The summed E-state index contributed by atoms with van der Waals surface area (Å²) in [5.41, 5.74) is 9.44. The van der Waals surface area contributed by atoms with Crippen LogP contribution in [0.3, 0.4) is 0 Å². The van der Waals surface area contributed by atoms with Gasteiger partial charge in [0.25, 0.3) is 0 Å². The number of nitrogens with zero attached hydrogens (tertiary/aromatic N) is 3. The van der Waals surface area contributed by atoms with Gasteiger partial charge in [0.05, 0.1) is 6.04 Å². The van der Waals surface area contributed by atoms with Crippen molar-refractivity contribution in [2.24, 2.45) is 11.8 Å². The molecule has 3 N–H and O–H groups in total. The molecule has 0 spiro atoms. The fourth-order valence-electron chi connectivity index (χ4n) is 4.02. The van der Waals surface area contributed by atoms with Crippen molar-refractivity contribution < 1.29 is 0 Å². The highest BCUT2D eigenvalue weighted by Crippen LogP contribution is 2.25. The number of aryl methyl sites for hydroxylation is 3. The second-order valence-electron chi connectivity index (χ2n) is 7.51. The summed E-state index contributed by atoms with van der Waals surface area (Å²) in [4.78, 5) is 0. The van der Waals surface area contributed by atoms with E-state index < -0.39 is 0 Å². The van der Waals surface area contributed by atoms with Gasteiger partial charge in [-0.3, -0.25) is 5.43 Å². The largest absolute Gasteiger partial charge is 0.316 e. The molecule has 6 nitrogen and oxygen atoms in total. The summed E-state index contributed by atoms with van der Waals surface area (Å²) in [6.07, 6.45) is 2.25. The molecule has 0 radical (unpaired) electrons. The molecule has 1 aromatic heterocycles. The molecule has 3 heterocycles. The number of hydrogen-bond acceptors (Lipinski definition) is 5. The fraction of sp³-hybridized carbons (Fsp3) is 0.579. The lowest BCUT2D eigenvalue weighted by Crippen LogP contribution is -2.35. The number of rotatable bonds is 5. The van der Waals surface area contributed by atoms with E-state index in [0.29, 0.717) is 17.9 Å². The van der Waals surface area contributed by atoms with Crippen molar-refractivity contribution in [2.75, 3.05) is 19.6 Å². The third kappa shape index (κ3) is 3.61. The minimum atomic E-state index is 0.381. The Hall–Kier alpha value is -1.76. The Morgan fingerprint density at radius 3 is 2.84 bits per heavy atom. The Morgan fingerprint density at radius 1 is 1.16 bits per heavy atom. The van der Waals surface area contributed by atoms with Crippen LogP contribution in [-0.4, -0.2) is 34.4 Å². The molecule has 134 valence electrons. The van der Waals surface area contributed by atoms with Crippen LogP contribution in [0.5, 0.6) is 0 Å². The summed E-state index contributed by atoms with van der Waals surface area (Å²) < 4.78 is 2.28. The van der Waals surface area contributed by atoms with E-state index in [0.717, 1.165) is 44.2 Å². The lowest BCUT2D eigenvalue weighted by molar-refractivity contribution is 0.331. The van der Waals surface area contributed by atoms with Gasteiger partial charge in [0, 0.05) is 32.0 Å². The van der Waals surface area contributed by atoms with E-state index in [1.807, 2.05) is 6.92 Å². The van der Waals surface area contributed by atoms with Gasteiger partial charge in [0.15, 0.2) is 0 Å². The molecule has 2 aliphatic rings. The maximum absolute atomic E-state index is 4.26. The highest BCUT2D eigenvalue weighted by molar-refractivity contribution is 5.25. The first-order valence-corrected chi connectivity index (χ1v) is 9.35. The second kappa shape index (κ2) is 7.23. The van der Waals surface area contributed by atoms with E-state index in [2.05, 4.69) is 62.1 Å². The van der Waals surface area contributed by atoms with E-state index >= 15 is 0 Å². The zero-order valence-electron chi connectivity index (χ0n) is 15.1. The van der Waals surface area contributed by atoms with E-state index in [1.54, 1.807) is 0 Å². The van der Waals surface area contributed by atoms with E-state index in [-0.39, 0.29) is 0 Å². The normalized spacial score (nSPS) is 25.9. The Bertz CT molecular complexity index is 707. The van der Waals surface area contributed by atoms with Crippen LogP contribution in [0.15, 0.2) is 24.3 Å². The van der Waals surface area contributed by atoms with Gasteiger partial charge in [-0.15, -0.1) is 10.2 Å². The Kier molecular flexibility index (Phi) is 4.83. The molecular weight excluding hydrogens is 312 g/mol. The standard InChI is InChI=1S/C19H28N6/c1-13-3-6-16(7-4-13)19-17(11-21-24-19)10-20-9-15-5-8-18-23-22-14(2)25(18)12-15/h3-4,6-7,15,17,19-21,24H,5,8-12H2,1-2H3. The van der Waals surface area contributed by atoms with Crippen molar-refractivity contribution in [3.63, 3.8) is 0 Å². The van der Waals surface area contributed by atoms with Gasteiger partial charge in [0.1, 0.15) is 11.6 Å². The third-order valence-electron chi connectivity index (χ3n) is 5.60. The minimum Gasteiger partial charge on any atom is -0.316 e. The molecule has 3 unspecified atom stereocenters. The molecule has 1 saturated heterocycles. The van der Waals surface area contributed by atoms with Gasteiger partial charge in [0.2, 0.25) is 0 Å². The maximum atomic E-state index is 4.26. The number of hydrazine groups is 1. The monoisotopic (exact) mass is 340 g/mol. The van der Waals surface area contributed by atoms with Crippen molar-refractivity contribution in [3.8, 4) is 0 Å². The minimum absolute atomic E-state index is 0.381. The van der Waals surface area contributed by atoms with Crippen LogP contribution in [0.1, 0.15) is 35.2 Å². The van der Waals surface area contributed by atoms with Crippen molar-refractivity contribution >= 4 is 0 Å². The van der Waals surface area contributed by atoms with Crippen LogP contribution in [-0.2, 0) is 13.0 Å². The van der Waals surface area contributed by atoms with Crippen LogP contribution in [0.25, 0.3) is 0 Å². The average Bonchev–Trinajstić information content (AvgIpc) is 3.23. The third-order valence-corrected chi connectivity index (χ3v) is 5.60. The van der Waals surface area contributed by atoms with Crippen LogP contribution < -0.4 is 16.2 Å². The number of aromatic nitrogens is 3. The molecule has 3 atom stereocenters. The topological polar surface area (TPSA) is 66.8 Å². The van der Waals surface area contributed by atoms with Crippen LogP contribution in [0.2, 0.25) is 0 Å². The Morgan fingerprint density at radius 2 is 2.00 bits per heavy atom. The molecule has 4 rings (SSSR count). The zero-order valence-corrected chi connectivity index (χ0v) is 15.1. The van der Waals surface area contributed by atoms with Crippen LogP contribution >= 0.6 is 0 Å². The lowest BCUT2D eigenvalue weighted by Gasteiger charge is -2.25. The molecule has 2 aromatic rings. The zero-order chi connectivity index (χ0) is 17.2. The van der Waals surface area contributed by atoms with Gasteiger partial charge in [-0.25, -0.2) is 5.43 Å². The summed E-state index contributed by atoms with van der Waals surface area (Å²) in [6.45, 7) is 8.33. The molecule has 2 aliphatic heterocycles. The lowest BCUT2D eigenvalue weighted by atomic mass is 9.93. The van der Waals surface area contributed by atoms with Gasteiger partial charge >= 0.3 is 0 Å². The Balaban J connectivity index is 1.29. The number of nitrogens with one attached hydrogen (secondary N) is 3. The smallest absolute Gasteiger partial charge is 0.133 e. The molecule has 0 bridgehead atoms. The van der Waals surface area contributed by atoms with Crippen LogP contribution in [0, 0.1) is 25.7 Å². The number of fused-ring (bicyclic) bond motifs is 1. The summed E-state index contributed by atoms with van der Waals surface area (Å²) in [7, 11) is 0. The average molecular weight is 340 g/mol. The molecule has 25 heavy (non-hydrogen) atoms. The first-order chi connectivity index (χ1) is 12.2. The highest BCUT2D eigenvalue weighted by atomic mass is 15.4. The predicted octanol–water partition coefficient (Wildman–Crippen LogP) is 1.51. The molecule has 0 aliphatic carbocycles. The second-order valence-corrected chi connectivity index (χ2v) is 7.51. The molecule has 6 heteroatoms. The van der Waals surface area contributed by atoms with Crippen LogP contribution in [0.4, 0.5) is 0 Å². The van der Waals surface area contributed by atoms with Gasteiger partial charge in [-0.05, 0) is 38.3 Å². The molecule has 0 amide bonds. The van der Waals surface area contributed by atoms with E-state index in [4.69, 9.17) is 0 Å². The Labute approximate surface area is 149 Å². The number of benzene rings is 1. The first-order valence-electron chi connectivity index (χ1n) is 9.35. The molecule has 1 aromatic carbocycles. The van der Waals surface area contributed by atoms with Crippen molar-refractivity contribution in [1.29, 1.82) is 0 Å². The molecule has 0 saturated carbocycles. The van der Waals surface area contributed by atoms with E-state index in [9.17, 15) is 0 Å². The van der Waals surface area contributed by atoms with Crippen molar-refractivity contribution in [1.82, 2.24) is 30.9 Å². The number of hydrogen-bond donors (Lipinski definition) is 3. The van der Waals surface area contributed by atoms with Crippen molar-refractivity contribution in [2.45, 2.75) is 39.3 Å². The molecule has 1 fully saturated rings. The van der Waals surface area contributed by atoms with E-state index in [1.165, 1.54) is 17.5 Å². The van der Waals surface area contributed by atoms with Crippen molar-refractivity contribution in [3.05, 3.63) is 47.0 Å². The molecular formula is C19H28N6. The highest BCUT2D eigenvalue weighted by Gasteiger charge is 2.28. The van der Waals surface area contributed by atoms with Gasteiger partial charge in [-0.1, -0.05) is 29.8 Å². The summed E-state index contributed by atoms with van der Waals surface area (Å²) in [5, 5.41) is 12.2. The summed E-state index contributed by atoms with van der Waals surface area (Å²) in [5.74, 6) is 3.43. The quantitative estimate of drug-likeness (QED) is 0.770. The first kappa shape index (κ1) is 16.7. The maximum Gasteiger partial charge on any atom is 0.133 e.